The first-order valence-electron chi connectivity index (χ1n) is 3.86. The molecule has 1 nitrogen and oxygen atoms in total. The van der Waals surface area contributed by atoms with Gasteiger partial charge in [-0.25, -0.2) is 0 Å². The van der Waals surface area contributed by atoms with Crippen LogP contribution in [0.4, 0.5) is 0 Å². The molecule has 62 valence electrons. The second-order valence-corrected chi connectivity index (χ2v) is 4.88. The summed E-state index contributed by atoms with van der Waals surface area (Å²) < 4.78 is 0.581. The minimum absolute atomic E-state index is 0.581. The van der Waals surface area contributed by atoms with Gasteiger partial charge in [0.25, 0.3) is 0 Å². The summed E-state index contributed by atoms with van der Waals surface area (Å²) in [6.07, 6.45) is 0.976. The van der Waals surface area contributed by atoms with Crippen LogP contribution in [0, 0.1) is 11.3 Å². The number of nitriles is 1. The molecule has 0 radical (unpaired) electrons. The molecule has 0 unspecified atom stereocenters. The van der Waals surface area contributed by atoms with Crippen molar-refractivity contribution in [3.05, 3.63) is 35.4 Å². The zero-order chi connectivity index (χ0) is 8.97. The van der Waals surface area contributed by atoms with Gasteiger partial charge in [0.05, 0.1) is 11.6 Å². The Morgan fingerprint density at radius 2 is 2.17 bits per heavy atom. The molecule has 0 N–H and O–H groups in total. The molecule has 0 aliphatic rings. The maximum atomic E-state index is 8.78. The molecule has 0 amide bonds. The van der Waals surface area contributed by atoms with Gasteiger partial charge in [0.15, 0.2) is 0 Å². The summed E-state index contributed by atoms with van der Waals surface area (Å²) in [7, 11) is 0. The number of hydrogen-bond acceptors (Lipinski definition) is 1. The summed E-state index contributed by atoms with van der Waals surface area (Å²) in [5.74, 6) is 0. The number of nitrogens with zero attached hydrogens (tertiary/aromatic N) is 1. The monoisotopic (exact) mass is 271 g/mol. The third-order valence-corrected chi connectivity index (χ3v) is 2.08. The molecule has 1 aromatic carbocycles. The first-order valence-corrected chi connectivity index (χ1v) is 5.10. The van der Waals surface area contributed by atoms with E-state index >= 15 is 0 Å². The standard InChI is InChI=1S/C10H10IN/c1-8(11)6-9-4-2-3-5-10(9)7-12/h2-5,8H,6H2,1H3/t8-/m0/s1. The predicted molar refractivity (Wildman–Crippen MR) is 58.3 cm³/mol. The lowest BCUT2D eigenvalue weighted by Crippen LogP contribution is -1.98. The SMILES string of the molecule is C[C@H](I)Cc1ccccc1C#N. The highest BCUT2D eigenvalue weighted by Crippen LogP contribution is 2.13. The Balaban J connectivity index is 2.91. The molecule has 0 fully saturated rings. The van der Waals surface area contributed by atoms with E-state index in [1.165, 1.54) is 0 Å². The van der Waals surface area contributed by atoms with E-state index in [4.69, 9.17) is 5.26 Å². The van der Waals surface area contributed by atoms with Gasteiger partial charge in [-0.1, -0.05) is 47.7 Å². The molecule has 0 aliphatic carbocycles. The van der Waals surface area contributed by atoms with E-state index in [1.54, 1.807) is 0 Å². The maximum absolute atomic E-state index is 8.78. The van der Waals surface area contributed by atoms with Crippen LogP contribution in [0.25, 0.3) is 0 Å². The van der Waals surface area contributed by atoms with Crippen molar-refractivity contribution in [3.63, 3.8) is 0 Å². The molecule has 0 aliphatic heterocycles. The van der Waals surface area contributed by atoms with Gasteiger partial charge in [0.1, 0.15) is 0 Å². The molecule has 12 heavy (non-hydrogen) atoms. The van der Waals surface area contributed by atoms with E-state index in [0.717, 1.165) is 17.5 Å². The third kappa shape index (κ3) is 2.49. The average molecular weight is 271 g/mol. The van der Waals surface area contributed by atoms with Crippen LogP contribution in [-0.2, 0) is 6.42 Å². The van der Waals surface area contributed by atoms with Crippen LogP contribution < -0.4 is 0 Å². The van der Waals surface area contributed by atoms with Crippen molar-refractivity contribution in [2.24, 2.45) is 0 Å². The second-order valence-electron chi connectivity index (χ2n) is 2.75. The lowest BCUT2D eigenvalue weighted by atomic mass is 10.0. The Bertz CT molecular complexity index is 299. The zero-order valence-corrected chi connectivity index (χ0v) is 9.08. The van der Waals surface area contributed by atoms with Crippen molar-refractivity contribution >= 4 is 22.6 Å². The van der Waals surface area contributed by atoms with Gasteiger partial charge in [-0.15, -0.1) is 0 Å². The van der Waals surface area contributed by atoms with Crippen LogP contribution in [-0.4, -0.2) is 3.92 Å². The van der Waals surface area contributed by atoms with E-state index in [0.29, 0.717) is 3.92 Å². The van der Waals surface area contributed by atoms with Crippen LogP contribution in [0.1, 0.15) is 18.1 Å². The summed E-state index contributed by atoms with van der Waals surface area (Å²) in [5.41, 5.74) is 1.96. The van der Waals surface area contributed by atoms with Crippen LogP contribution in [0.2, 0.25) is 0 Å². The first-order chi connectivity index (χ1) is 5.74. The van der Waals surface area contributed by atoms with E-state index in [-0.39, 0.29) is 0 Å². The highest BCUT2D eigenvalue weighted by atomic mass is 127. The number of halogens is 1. The van der Waals surface area contributed by atoms with Gasteiger partial charge in [0, 0.05) is 3.92 Å². The molecule has 0 saturated carbocycles. The minimum atomic E-state index is 0.581. The molecule has 0 spiro atoms. The van der Waals surface area contributed by atoms with Crippen molar-refractivity contribution < 1.29 is 0 Å². The van der Waals surface area contributed by atoms with E-state index in [9.17, 15) is 0 Å². The molecule has 2 heteroatoms. The fraction of sp³-hybridized carbons (Fsp3) is 0.300. The van der Waals surface area contributed by atoms with E-state index in [2.05, 4.69) is 35.6 Å². The Morgan fingerprint density at radius 3 is 2.75 bits per heavy atom. The van der Waals surface area contributed by atoms with Crippen molar-refractivity contribution in [1.29, 1.82) is 5.26 Å². The Morgan fingerprint density at radius 1 is 1.50 bits per heavy atom. The maximum Gasteiger partial charge on any atom is 0.0994 e. The Labute approximate surface area is 86.5 Å². The number of benzene rings is 1. The topological polar surface area (TPSA) is 23.8 Å². The van der Waals surface area contributed by atoms with Crippen LogP contribution in [0.15, 0.2) is 24.3 Å². The Kier molecular flexibility index (Phi) is 3.54. The molecule has 0 saturated heterocycles. The van der Waals surface area contributed by atoms with Crippen molar-refractivity contribution in [2.75, 3.05) is 0 Å². The summed E-state index contributed by atoms with van der Waals surface area (Å²) in [4.78, 5) is 0. The molecular weight excluding hydrogens is 261 g/mol. The van der Waals surface area contributed by atoms with Crippen molar-refractivity contribution in [2.45, 2.75) is 17.3 Å². The highest BCUT2D eigenvalue weighted by molar-refractivity contribution is 14.1. The molecule has 0 bridgehead atoms. The minimum Gasteiger partial charge on any atom is -0.192 e. The summed E-state index contributed by atoms with van der Waals surface area (Å²) in [6.45, 7) is 2.15. The summed E-state index contributed by atoms with van der Waals surface area (Å²) in [6, 6.07) is 9.97. The molecule has 1 aromatic rings. The average Bonchev–Trinajstić information content (AvgIpc) is 2.04. The van der Waals surface area contributed by atoms with Gasteiger partial charge in [-0.2, -0.15) is 5.26 Å². The lowest BCUT2D eigenvalue weighted by Gasteiger charge is -2.04. The van der Waals surface area contributed by atoms with Crippen LogP contribution >= 0.6 is 22.6 Å². The second kappa shape index (κ2) is 4.46. The van der Waals surface area contributed by atoms with Gasteiger partial charge in [-0.05, 0) is 18.1 Å². The summed E-state index contributed by atoms with van der Waals surface area (Å²) in [5, 5.41) is 8.78. The molecule has 1 rings (SSSR count). The van der Waals surface area contributed by atoms with Crippen molar-refractivity contribution in [1.82, 2.24) is 0 Å². The Hall–Kier alpha value is -0.560. The highest BCUT2D eigenvalue weighted by Gasteiger charge is 2.03. The van der Waals surface area contributed by atoms with Gasteiger partial charge < -0.3 is 0 Å². The van der Waals surface area contributed by atoms with E-state index < -0.39 is 0 Å². The quantitative estimate of drug-likeness (QED) is 0.599. The zero-order valence-electron chi connectivity index (χ0n) is 6.92. The predicted octanol–water partition coefficient (Wildman–Crippen LogP) is 2.92. The number of rotatable bonds is 2. The van der Waals surface area contributed by atoms with Crippen molar-refractivity contribution in [3.8, 4) is 6.07 Å². The van der Waals surface area contributed by atoms with Crippen LogP contribution in [0.3, 0.4) is 0 Å². The number of alkyl halides is 1. The van der Waals surface area contributed by atoms with E-state index in [1.807, 2.05) is 24.3 Å². The van der Waals surface area contributed by atoms with Gasteiger partial charge >= 0.3 is 0 Å². The molecule has 0 heterocycles. The summed E-state index contributed by atoms with van der Waals surface area (Å²) >= 11 is 2.37. The smallest absolute Gasteiger partial charge is 0.0994 e. The fourth-order valence-electron chi connectivity index (χ4n) is 1.11. The normalized spacial score (nSPS) is 12.1. The first kappa shape index (κ1) is 9.53. The van der Waals surface area contributed by atoms with Gasteiger partial charge in [0.2, 0.25) is 0 Å². The largest absolute Gasteiger partial charge is 0.192 e. The molecule has 0 aromatic heterocycles. The number of hydrogen-bond donors (Lipinski definition) is 0. The third-order valence-electron chi connectivity index (χ3n) is 1.64. The molecule has 1 atom stereocenters. The molecular formula is C10H10IN. The lowest BCUT2D eigenvalue weighted by molar-refractivity contribution is 0.972. The fourth-order valence-corrected chi connectivity index (χ4v) is 1.58. The van der Waals surface area contributed by atoms with Crippen LogP contribution in [0.5, 0.6) is 0 Å². The van der Waals surface area contributed by atoms with Gasteiger partial charge in [-0.3, -0.25) is 0 Å².